The van der Waals surface area contributed by atoms with Crippen molar-refractivity contribution in [2.45, 2.75) is 43.7 Å². The fraction of sp³-hybridized carbons (Fsp3) is 1.00. The molecule has 2 saturated heterocycles. The Balaban J connectivity index is 1.71. The molecule has 0 amide bonds. The summed E-state index contributed by atoms with van der Waals surface area (Å²) in [6, 6.07) is 0. The van der Waals surface area contributed by atoms with E-state index in [0.717, 1.165) is 11.6 Å². The summed E-state index contributed by atoms with van der Waals surface area (Å²) in [5.74, 6) is 1.74. The van der Waals surface area contributed by atoms with Crippen LogP contribution in [0.25, 0.3) is 0 Å². The molecule has 0 saturated carbocycles. The van der Waals surface area contributed by atoms with Gasteiger partial charge in [-0.1, -0.05) is 24.5 Å². The molecule has 2 aliphatic rings. The summed E-state index contributed by atoms with van der Waals surface area (Å²) in [7, 11) is 2.64. The normalized spacial score (nSPS) is 34.9. The summed E-state index contributed by atoms with van der Waals surface area (Å²) in [6.45, 7) is 4.91. The molecular weight excluding hydrogens is 171 g/mol. The van der Waals surface area contributed by atoms with Crippen molar-refractivity contribution in [3.05, 3.63) is 0 Å². The summed E-state index contributed by atoms with van der Waals surface area (Å²) in [5, 5.41) is 6.97. The van der Waals surface area contributed by atoms with Crippen LogP contribution in [0.15, 0.2) is 0 Å². The molecule has 0 aliphatic carbocycles. The SMILES string of the molecule is [B](C1CCCNCC1)C1CCCNC1. The molecule has 2 unspecified atom stereocenters. The maximum Gasteiger partial charge on any atom is 0.119 e. The van der Waals surface area contributed by atoms with Gasteiger partial charge in [0.1, 0.15) is 7.28 Å². The Kier molecular flexibility index (Phi) is 4.33. The van der Waals surface area contributed by atoms with Crippen LogP contribution >= 0.6 is 0 Å². The zero-order valence-corrected chi connectivity index (χ0v) is 9.10. The smallest absolute Gasteiger partial charge is 0.119 e. The third kappa shape index (κ3) is 3.28. The fourth-order valence-corrected chi connectivity index (χ4v) is 2.67. The van der Waals surface area contributed by atoms with Crippen LogP contribution in [0.1, 0.15) is 32.1 Å². The largest absolute Gasteiger partial charge is 0.317 e. The highest BCUT2D eigenvalue weighted by Crippen LogP contribution is 2.26. The van der Waals surface area contributed by atoms with Gasteiger partial charge >= 0.3 is 0 Å². The maximum atomic E-state index is 3.49. The summed E-state index contributed by atoms with van der Waals surface area (Å²) in [4.78, 5) is 0. The molecule has 0 aromatic carbocycles. The van der Waals surface area contributed by atoms with E-state index in [9.17, 15) is 0 Å². The van der Waals surface area contributed by atoms with Crippen molar-refractivity contribution in [1.82, 2.24) is 10.6 Å². The van der Waals surface area contributed by atoms with Crippen molar-refractivity contribution in [3.63, 3.8) is 0 Å². The van der Waals surface area contributed by atoms with E-state index in [1.165, 1.54) is 58.3 Å². The molecule has 2 atom stereocenters. The molecule has 2 nitrogen and oxygen atoms in total. The molecule has 79 valence electrons. The van der Waals surface area contributed by atoms with Gasteiger partial charge in [-0.05, 0) is 45.4 Å². The van der Waals surface area contributed by atoms with E-state index in [2.05, 4.69) is 17.9 Å². The molecule has 14 heavy (non-hydrogen) atoms. The second-order valence-corrected chi connectivity index (χ2v) is 4.74. The topological polar surface area (TPSA) is 24.1 Å². The van der Waals surface area contributed by atoms with E-state index in [1.54, 1.807) is 0 Å². The zero-order chi connectivity index (χ0) is 9.64. The van der Waals surface area contributed by atoms with Gasteiger partial charge in [-0.3, -0.25) is 0 Å². The standard InChI is InChI=1S/C11H22BN2/c1-3-10(5-8-13-6-1)12-11-4-2-7-14-9-11/h10-11,13-14H,1-9H2. The van der Waals surface area contributed by atoms with Crippen LogP contribution in [0, 0.1) is 0 Å². The summed E-state index contributed by atoms with van der Waals surface area (Å²) in [6.07, 6.45) is 6.91. The Morgan fingerprint density at radius 2 is 1.57 bits per heavy atom. The third-order valence-corrected chi connectivity index (χ3v) is 3.50. The molecule has 0 aromatic rings. The molecule has 0 aromatic heterocycles. The Labute approximate surface area is 88.5 Å². The van der Waals surface area contributed by atoms with E-state index in [1.807, 2.05) is 0 Å². The Hall–Kier alpha value is -0.0151. The molecule has 2 heterocycles. The first-order chi connectivity index (χ1) is 6.95. The predicted molar refractivity (Wildman–Crippen MR) is 62.1 cm³/mol. The quantitative estimate of drug-likeness (QED) is 0.648. The number of hydrogen-bond acceptors (Lipinski definition) is 2. The van der Waals surface area contributed by atoms with Crippen molar-refractivity contribution in [3.8, 4) is 0 Å². The molecular formula is C11H22BN2. The molecule has 0 spiro atoms. The molecule has 2 aliphatic heterocycles. The summed E-state index contributed by atoms with van der Waals surface area (Å²) in [5.41, 5.74) is 0. The minimum absolute atomic E-state index is 0.854. The first-order valence-electron chi connectivity index (χ1n) is 6.21. The van der Waals surface area contributed by atoms with E-state index < -0.39 is 0 Å². The summed E-state index contributed by atoms with van der Waals surface area (Å²) < 4.78 is 0. The fourth-order valence-electron chi connectivity index (χ4n) is 2.67. The molecule has 3 heteroatoms. The predicted octanol–water partition coefficient (Wildman–Crippen LogP) is 1.42. The average molecular weight is 193 g/mol. The van der Waals surface area contributed by atoms with Gasteiger partial charge in [-0.25, -0.2) is 0 Å². The maximum absolute atomic E-state index is 3.49. The second kappa shape index (κ2) is 5.77. The lowest BCUT2D eigenvalue weighted by atomic mass is 9.51. The van der Waals surface area contributed by atoms with Crippen LogP contribution in [0.3, 0.4) is 0 Å². The van der Waals surface area contributed by atoms with Gasteiger partial charge in [0, 0.05) is 0 Å². The van der Waals surface area contributed by atoms with Gasteiger partial charge in [0.05, 0.1) is 0 Å². The van der Waals surface area contributed by atoms with Gasteiger partial charge in [-0.15, -0.1) is 0 Å². The highest BCUT2D eigenvalue weighted by molar-refractivity contribution is 6.39. The molecule has 2 N–H and O–H groups in total. The Morgan fingerprint density at radius 3 is 2.36 bits per heavy atom. The lowest BCUT2D eigenvalue weighted by molar-refractivity contribution is 0.510. The van der Waals surface area contributed by atoms with Crippen LogP contribution in [0.4, 0.5) is 0 Å². The van der Waals surface area contributed by atoms with Crippen LogP contribution in [-0.2, 0) is 0 Å². The first kappa shape index (κ1) is 10.5. The number of rotatable bonds is 2. The average Bonchev–Trinajstić information content (AvgIpc) is 2.48. The van der Waals surface area contributed by atoms with E-state index in [0.29, 0.717) is 0 Å². The van der Waals surface area contributed by atoms with Crippen LogP contribution < -0.4 is 10.6 Å². The minimum Gasteiger partial charge on any atom is -0.317 e. The van der Waals surface area contributed by atoms with Crippen LogP contribution in [0.2, 0.25) is 11.6 Å². The first-order valence-corrected chi connectivity index (χ1v) is 6.21. The van der Waals surface area contributed by atoms with E-state index >= 15 is 0 Å². The highest BCUT2D eigenvalue weighted by atomic mass is 14.9. The lowest BCUT2D eigenvalue weighted by Gasteiger charge is -2.25. The minimum atomic E-state index is 0.854. The number of hydrogen-bond donors (Lipinski definition) is 2. The second-order valence-electron chi connectivity index (χ2n) is 4.74. The number of nitrogens with one attached hydrogen (secondary N) is 2. The Bertz CT molecular complexity index is 149. The van der Waals surface area contributed by atoms with Gasteiger partial charge in [0.2, 0.25) is 0 Å². The third-order valence-electron chi connectivity index (χ3n) is 3.50. The highest BCUT2D eigenvalue weighted by Gasteiger charge is 2.20. The van der Waals surface area contributed by atoms with Crippen LogP contribution in [0.5, 0.6) is 0 Å². The molecule has 1 radical (unpaired) electrons. The van der Waals surface area contributed by atoms with Gasteiger partial charge < -0.3 is 10.6 Å². The lowest BCUT2D eigenvalue weighted by Crippen LogP contribution is -2.30. The molecule has 2 fully saturated rings. The van der Waals surface area contributed by atoms with Crippen molar-refractivity contribution < 1.29 is 0 Å². The number of piperidine rings is 1. The van der Waals surface area contributed by atoms with Crippen molar-refractivity contribution in [2.75, 3.05) is 26.2 Å². The van der Waals surface area contributed by atoms with Gasteiger partial charge in [-0.2, -0.15) is 0 Å². The van der Waals surface area contributed by atoms with Crippen molar-refractivity contribution in [1.29, 1.82) is 0 Å². The molecule has 0 bridgehead atoms. The van der Waals surface area contributed by atoms with Crippen molar-refractivity contribution >= 4 is 7.28 Å². The van der Waals surface area contributed by atoms with E-state index in [-0.39, 0.29) is 0 Å². The Morgan fingerprint density at radius 1 is 0.786 bits per heavy atom. The summed E-state index contributed by atoms with van der Waals surface area (Å²) >= 11 is 0. The van der Waals surface area contributed by atoms with E-state index in [4.69, 9.17) is 0 Å². The van der Waals surface area contributed by atoms with Crippen LogP contribution in [-0.4, -0.2) is 33.5 Å². The zero-order valence-electron chi connectivity index (χ0n) is 9.10. The van der Waals surface area contributed by atoms with Crippen molar-refractivity contribution in [2.24, 2.45) is 0 Å². The monoisotopic (exact) mass is 193 g/mol. The van der Waals surface area contributed by atoms with Gasteiger partial charge in [0.15, 0.2) is 0 Å². The molecule has 2 rings (SSSR count). The van der Waals surface area contributed by atoms with Gasteiger partial charge in [0.25, 0.3) is 0 Å².